The molecule has 114 valence electrons. The average molecular weight is 308 g/mol. The van der Waals surface area contributed by atoms with Crippen LogP contribution >= 0.6 is 11.6 Å². The van der Waals surface area contributed by atoms with Gasteiger partial charge in [0.05, 0.1) is 5.56 Å². The van der Waals surface area contributed by atoms with Gasteiger partial charge in [-0.25, -0.2) is 0 Å². The fourth-order valence-corrected chi connectivity index (χ4v) is 3.22. The monoisotopic (exact) mass is 307 g/mol. The number of carbonyl (C=O) groups excluding carboxylic acids is 1. The highest BCUT2D eigenvalue weighted by Crippen LogP contribution is 2.33. The molecule has 1 atom stereocenters. The predicted octanol–water partition coefficient (Wildman–Crippen LogP) is 2.41. The van der Waals surface area contributed by atoms with E-state index in [4.69, 9.17) is 17.3 Å². The number of nitrogens with two attached hydrogens (primary N) is 1. The average Bonchev–Trinajstić information content (AvgIpc) is 3.11. The standard InChI is InChI=1S/C16H22ClN3O/c17-12-5-6-15(14(8-12)16(18)21)20(9-11-3-4-11)10-13-2-1-7-19-13/h5-6,8,11,13,19H,1-4,7,9-10H2,(H2,18,21). The number of primary amides is 1. The first kappa shape index (κ1) is 14.7. The number of carbonyl (C=O) groups is 1. The van der Waals surface area contributed by atoms with Gasteiger partial charge in [-0.2, -0.15) is 0 Å². The van der Waals surface area contributed by atoms with E-state index in [2.05, 4.69) is 10.2 Å². The van der Waals surface area contributed by atoms with Gasteiger partial charge in [0, 0.05) is 29.8 Å². The quantitative estimate of drug-likeness (QED) is 0.848. The summed E-state index contributed by atoms with van der Waals surface area (Å²) in [6.45, 7) is 3.02. The van der Waals surface area contributed by atoms with Gasteiger partial charge < -0.3 is 16.0 Å². The molecule has 3 rings (SSSR count). The molecule has 1 saturated carbocycles. The molecule has 1 aromatic carbocycles. The zero-order chi connectivity index (χ0) is 14.8. The lowest BCUT2D eigenvalue weighted by Crippen LogP contribution is -2.39. The Bertz CT molecular complexity index is 524. The molecule has 0 radical (unpaired) electrons. The second-order valence-electron chi connectivity index (χ2n) is 6.17. The molecule has 1 amide bonds. The van der Waals surface area contributed by atoms with E-state index < -0.39 is 5.91 Å². The molecule has 1 aliphatic carbocycles. The summed E-state index contributed by atoms with van der Waals surface area (Å²) in [7, 11) is 0. The normalized spacial score (nSPS) is 21.5. The number of anilines is 1. The minimum Gasteiger partial charge on any atom is -0.369 e. The van der Waals surface area contributed by atoms with Crippen molar-refractivity contribution in [1.29, 1.82) is 0 Å². The summed E-state index contributed by atoms with van der Waals surface area (Å²) >= 11 is 6.02. The molecule has 3 N–H and O–H groups in total. The van der Waals surface area contributed by atoms with Crippen molar-refractivity contribution in [2.75, 3.05) is 24.5 Å². The van der Waals surface area contributed by atoms with E-state index in [0.717, 1.165) is 31.2 Å². The smallest absolute Gasteiger partial charge is 0.250 e. The minimum atomic E-state index is -0.410. The second-order valence-corrected chi connectivity index (χ2v) is 6.60. The van der Waals surface area contributed by atoms with Gasteiger partial charge in [0.1, 0.15) is 0 Å². The van der Waals surface area contributed by atoms with Gasteiger partial charge in [0.2, 0.25) is 0 Å². The summed E-state index contributed by atoms with van der Waals surface area (Å²) in [5.41, 5.74) is 6.99. The maximum absolute atomic E-state index is 11.7. The van der Waals surface area contributed by atoms with Gasteiger partial charge in [-0.05, 0) is 56.3 Å². The van der Waals surface area contributed by atoms with Crippen LogP contribution < -0.4 is 16.0 Å². The van der Waals surface area contributed by atoms with Crippen molar-refractivity contribution in [3.05, 3.63) is 28.8 Å². The molecule has 2 fully saturated rings. The Hall–Kier alpha value is -1.26. The topological polar surface area (TPSA) is 58.4 Å². The van der Waals surface area contributed by atoms with Gasteiger partial charge in [-0.3, -0.25) is 4.79 Å². The number of nitrogens with zero attached hydrogens (tertiary/aromatic N) is 1. The Labute approximate surface area is 130 Å². The first-order chi connectivity index (χ1) is 10.1. The molecule has 1 heterocycles. The summed E-state index contributed by atoms with van der Waals surface area (Å²) in [4.78, 5) is 14.1. The van der Waals surface area contributed by atoms with E-state index in [1.165, 1.54) is 25.7 Å². The van der Waals surface area contributed by atoms with Crippen LogP contribution in [0.15, 0.2) is 18.2 Å². The number of halogens is 1. The molecule has 0 bridgehead atoms. The molecule has 5 heteroatoms. The van der Waals surface area contributed by atoms with Crippen LogP contribution in [-0.2, 0) is 0 Å². The summed E-state index contributed by atoms with van der Waals surface area (Å²) in [6.07, 6.45) is 4.99. The van der Waals surface area contributed by atoms with Crippen LogP contribution in [-0.4, -0.2) is 31.6 Å². The fraction of sp³-hybridized carbons (Fsp3) is 0.562. The lowest BCUT2D eigenvalue weighted by atomic mass is 10.1. The van der Waals surface area contributed by atoms with E-state index in [1.807, 2.05) is 12.1 Å². The molecule has 0 spiro atoms. The molecule has 2 aliphatic rings. The number of hydrogen-bond donors (Lipinski definition) is 2. The lowest BCUT2D eigenvalue weighted by molar-refractivity contribution is 0.100. The third-order valence-electron chi connectivity index (χ3n) is 4.34. The third kappa shape index (κ3) is 3.69. The Morgan fingerprint density at radius 2 is 2.14 bits per heavy atom. The zero-order valence-corrected chi connectivity index (χ0v) is 12.9. The summed E-state index contributed by atoms with van der Waals surface area (Å²) < 4.78 is 0. The molecule has 4 nitrogen and oxygen atoms in total. The Morgan fingerprint density at radius 1 is 1.33 bits per heavy atom. The van der Waals surface area contributed by atoms with Crippen LogP contribution in [0.1, 0.15) is 36.0 Å². The number of hydrogen-bond acceptors (Lipinski definition) is 3. The second kappa shape index (κ2) is 6.24. The van der Waals surface area contributed by atoms with Crippen molar-refractivity contribution < 1.29 is 4.79 Å². The largest absolute Gasteiger partial charge is 0.369 e. The van der Waals surface area contributed by atoms with E-state index in [-0.39, 0.29) is 0 Å². The third-order valence-corrected chi connectivity index (χ3v) is 4.58. The van der Waals surface area contributed by atoms with Crippen LogP contribution in [0.5, 0.6) is 0 Å². The highest BCUT2D eigenvalue weighted by Gasteiger charge is 2.28. The number of benzene rings is 1. The Balaban J connectivity index is 1.85. The first-order valence-corrected chi connectivity index (χ1v) is 8.09. The summed E-state index contributed by atoms with van der Waals surface area (Å²) in [6, 6.07) is 5.95. The molecule has 0 aromatic heterocycles. The summed E-state index contributed by atoms with van der Waals surface area (Å²) in [5, 5.41) is 4.08. The Morgan fingerprint density at radius 3 is 2.76 bits per heavy atom. The van der Waals surface area contributed by atoms with E-state index in [9.17, 15) is 4.79 Å². The van der Waals surface area contributed by atoms with Gasteiger partial charge in [0.25, 0.3) is 5.91 Å². The van der Waals surface area contributed by atoms with Crippen LogP contribution in [0.25, 0.3) is 0 Å². The summed E-state index contributed by atoms with van der Waals surface area (Å²) in [5.74, 6) is 0.343. The van der Waals surface area contributed by atoms with Crippen molar-refractivity contribution >= 4 is 23.2 Å². The molecule has 1 saturated heterocycles. The van der Waals surface area contributed by atoms with Crippen LogP contribution in [0, 0.1) is 5.92 Å². The molecule has 1 aliphatic heterocycles. The van der Waals surface area contributed by atoms with Crippen molar-refractivity contribution in [2.24, 2.45) is 11.7 Å². The predicted molar refractivity (Wildman–Crippen MR) is 85.9 cm³/mol. The van der Waals surface area contributed by atoms with Crippen LogP contribution in [0.4, 0.5) is 5.69 Å². The maximum Gasteiger partial charge on any atom is 0.250 e. The SMILES string of the molecule is NC(=O)c1cc(Cl)ccc1N(CC1CC1)CC1CCCN1. The van der Waals surface area contributed by atoms with Gasteiger partial charge >= 0.3 is 0 Å². The Kier molecular flexibility index (Phi) is 4.36. The first-order valence-electron chi connectivity index (χ1n) is 7.71. The molecular formula is C16H22ClN3O. The van der Waals surface area contributed by atoms with Crippen molar-refractivity contribution in [3.8, 4) is 0 Å². The molecule has 1 unspecified atom stereocenters. The fourth-order valence-electron chi connectivity index (χ4n) is 3.04. The van der Waals surface area contributed by atoms with Crippen molar-refractivity contribution in [3.63, 3.8) is 0 Å². The van der Waals surface area contributed by atoms with E-state index in [0.29, 0.717) is 16.6 Å². The number of amides is 1. The minimum absolute atomic E-state index is 0.410. The maximum atomic E-state index is 11.7. The van der Waals surface area contributed by atoms with Gasteiger partial charge in [-0.1, -0.05) is 11.6 Å². The molecule has 21 heavy (non-hydrogen) atoms. The van der Waals surface area contributed by atoms with Gasteiger partial charge in [-0.15, -0.1) is 0 Å². The molecule has 1 aromatic rings. The molecular weight excluding hydrogens is 286 g/mol. The van der Waals surface area contributed by atoms with E-state index in [1.54, 1.807) is 6.07 Å². The number of rotatable bonds is 6. The highest BCUT2D eigenvalue weighted by atomic mass is 35.5. The lowest BCUT2D eigenvalue weighted by Gasteiger charge is -2.29. The van der Waals surface area contributed by atoms with Crippen LogP contribution in [0.2, 0.25) is 5.02 Å². The van der Waals surface area contributed by atoms with Crippen LogP contribution in [0.3, 0.4) is 0 Å². The zero-order valence-electron chi connectivity index (χ0n) is 12.1. The van der Waals surface area contributed by atoms with E-state index >= 15 is 0 Å². The highest BCUT2D eigenvalue weighted by molar-refractivity contribution is 6.31. The van der Waals surface area contributed by atoms with Crippen molar-refractivity contribution in [2.45, 2.75) is 31.7 Å². The van der Waals surface area contributed by atoms with Crippen molar-refractivity contribution in [1.82, 2.24) is 5.32 Å². The number of nitrogens with one attached hydrogen (secondary N) is 1. The van der Waals surface area contributed by atoms with Gasteiger partial charge in [0.15, 0.2) is 0 Å².